The molecule has 2 N–H and O–H groups in total. The molecule has 0 radical (unpaired) electrons. The Morgan fingerprint density at radius 2 is 2.20 bits per heavy atom. The second-order valence-corrected chi connectivity index (χ2v) is 3.40. The topological polar surface area (TPSA) is 61.8 Å². The van der Waals surface area contributed by atoms with Crippen LogP contribution in [-0.2, 0) is 9.53 Å². The van der Waals surface area contributed by atoms with Gasteiger partial charge in [0.1, 0.15) is 0 Å². The predicted octanol–water partition coefficient (Wildman–Crippen LogP) is -0.451. The van der Waals surface area contributed by atoms with Crippen LogP contribution in [0.15, 0.2) is 12.2 Å². The zero-order chi connectivity index (χ0) is 10.9. The van der Waals surface area contributed by atoms with Crippen molar-refractivity contribution < 1.29 is 14.6 Å². The number of rotatable bonds is 6. The molecule has 1 heterocycles. The largest absolute Gasteiger partial charge is 0.478 e. The van der Waals surface area contributed by atoms with E-state index in [0.717, 1.165) is 45.5 Å². The highest BCUT2D eigenvalue weighted by Crippen LogP contribution is 1.94. The summed E-state index contributed by atoms with van der Waals surface area (Å²) in [5.74, 6) is -0.898. The molecule has 0 saturated carbocycles. The Kier molecular flexibility index (Phi) is 5.99. The minimum Gasteiger partial charge on any atom is -0.478 e. The summed E-state index contributed by atoms with van der Waals surface area (Å²) < 4.78 is 5.23. The van der Waals surface area contributed by atoms with Crippen LogP contribution < -0.4 is 5.32 Å². The first-order chi connectivity index (χ1) is 7.29. The van der Waals surface area contributed by atoms with Gasteiger partial charge >= 0.3 is 5.97 Å². The van der Waals surface area contributed by atoms with Crippen molar-refractivity contribution in [1.82, 2.24) is 10.2 Å². The monoisotopic (exact) mass is 214 g/mol. The van der Waals surface area contributed by atoms with E-state index in [1.54, 1.807) is 6.08 Å². The summed E-state index contributed by atoms with van der Waals surface area (Å²) in [6, 6.07) is 0. The van der Waals surface area contributed by atoms with Gasteiger partial charge in [-0.05, 0) is 0 Å². The molecular weight excluding hydrogens is 196 g/mol. The molecule has 0 bridgehead atoms. The van der Waals surface area contributed by atoms with E-state index in [1.807, 2.05) is 0 Å². The van der Waals surface area contributed by atoms with Gasteiger partial charge in [-0.3, -0.25) is 4.90 Å². The zero-order valence-corrected chi connectivity index (χ0v) is 8.82. The van der Waals surface area contributed by atoms with Crippen molar-refractivity contribution in [3.05, 3.63) is 12.2 Å². The summed E-state index contributed by atoms with van der Waals surface area (Å²) >= 11 is 0. The Morgan fingerprint density at radius 3 is 2.87 bits per heavy atom. The molecule has 0 aromatic rings. The Labute approximate surface area is 89.7 Å². The fraction of sp³-hybridized carbons (Fsp3) is 0.700. The molecule has 1 fully saturated rings. The molecule has 0 aliphatic carbocycles. The molecule has 0 atom stereocenters. The van der Waals surface area contributed by atoms with Gasteiger partial charge in [0.2, 0.25) is 0 Å². The normalized spacial score (nSPS) is 18.4. The van der Waals surface area contributed by atoms with Crippen LogP contribution in [-0.4, -0.2) is 61.9 Å². The Morgan fingerprint density at radius 1 is 1.47 bits per heavy atom. The number of nitrogens with zero attached hydrogens (tertiary/aromatic N) is 1. The van der Waals surface area contributed by atoms with Crippen molar-refractivity contribution in [2.24, 2.45) is 0 Å². The maximum atomic E-state index is 10.1. The number of ether oxygens (including phenoxy) is 1. The second kappa shape index (κ2) is 7.39. The lowest BCUT2D eigenvalue weighted by atomic mass is 10.4. The molecule has 1 aliphatic rings. The molecular formula is C10H18N2O3. The van der Waals surface area contributed by atoms with E-state index in [1.165, 1.54) is 0 Å². The molecule has 5 heteroatoms. The summed E-state index contributed by atoms with van der Waals surface area (Å²) in [6.07, 6.45) is 2.77. The first-order valence-electron chi connectivity index (χ1n) is 5.19. The van der Waals surface area contributed by atoms with Gasteiger partial charge in [0, 0.05) is 38.8 Å². The van der Waals surface area contributed by atoms with Crippen molar-refractivity contribution in [3.63, 3.8) is 0 Å². The first kappa shape index (κ1) is 12.2. The van der Waals surface area contributed by atoms with Crippen LogP contribution in [0.5, 0.6) is 0 Å². The Balaban J connectivity index is 1.94. The molecule has 1 aliphatic heterocycles. The highest BCUT2D eigenvalue weighted by Gasteiger charge is 2.08. The number of carboxylic acid groups (broad SMARTS) is 1. The van der Waals surface area contributed by atoms with Crippen molar-refractivity contribution in [3.8, 4) is 0 Å². The molecule has 0 aromatic heterocycles. The SMILES string of the molecule is O=C(O)/C=C/CNCCN1CCOCC1. The van der Waals surface area contributed by atoms with Crippen LogP contribution in [0.25, 0.3) is 0 Å². The average molecular weight is 214 g/mol. The van der Waals surface area contributed by atoms with Crippen LogP contribution >= 0.6 is 0 Å². The van der Waals surface area contributed by atoms with Gasteiger partial charge in [-0.1, -0.05) is 6.08 Å². The molecule has 5 nitrogen and oxygen atoms in total. The quantitative estimate of drug-likeness (QED) is 0.463. The van der Waals surface area contributed by atoms with Gasteiger partial charge in [-0.25, -0.2) is 4.79 Å². The van der Waals surface area contributed by atoms with Gasteiger partial charge < -0.3 is 15.2 Å². The maximum Gasteiger partial charge on any atom is 0.328 e. The van der Waals surface area contributed by atoms with Gasteiger partial charge in [-0.15, -0.1) is 0 Å². The molecule has 86 valence electrons. The van der Waals surface area contributed by atoms with Crippen LogP contribution in [0, 0.1) is 0 Å². The maximum absolute atomic E-state index is 10.1. The fourth-order valence-electron chi connectivity index (χ4n) is 1.41. The van der Waals surface area contributed by atoms with Gasteiger partial charge in [0.25, 0.3) is 0 Å². The van der Waals surface area contributed by atoms with E-state index in [4.69, 9.17) is 9.84 Å². The minimum absolute atomic E-state index is 0.608. The lowest BCUT2D eigenvalue weighted by Gasteiger charge is -2.26. The van der Waals surface area contributed by atoms with Crippen molar-refractivity contribution in [2.75, 3.05) is 45.9 Å². The number of aliphatic carboxylic acids is 1. The number of morpholine rings is 1. The summed E-state index contributed by atoms with van der Waals surface area (Å²) in [5.41, 5.74) is 0. The molecule has 0 unspecified atom stereocenters. The molecule has 0 aromatic carbocycles. The predicted molar refractivity (Wildman–Crippen MR) is 56.9 cm³/mol. The van der Waals surface area contributed by atoms with Gasteiger partial charge in [0.15, 0.2) is 0 Å². The summed E-state index contributed by atoms with van der Waals surface area (Å²) in [5, 5.41) is 11.5. The van der Waals surface area contributed by atoms with E-state index in [-0.39, 0.29) is 0 Å². The van der Waals surface area contributed by atoms with Crippen molar-refractivity contribution in [2.45, 2.75) is 0 Å². The highest BCUT2D eigenvalue weighted by molar-refractivity contribution is 5.79. The van der Waals surface area contributed by atoms with Crippen LogP contribution in [0.1, 0.15) is 0 Å². The van der Waals surface area contributed by atoms with E-state index in [9.17, 15) is 4.79 Å². The number of hydrogen-bond donors (Lipinski definition) is 2. The van der Waals surface area contributed by atoms with Crippen molar-refractivity contribution >= 4 is 5.97 Å². The van der Waals surface area contributed by atoms with Gasteiger partial charge in [-0.2, -0.15) is 0 Å². The lowest BCUT2D eigenvalue weighted by molar-refractivity contribution is -0.131. The molecule has 1 rings (SSSR count). The summed E-state index contributed by atoms with van der Waals surface area (Å²) in [4.78, 5) is 12.5. The molecule has 0 spiro atoms. The third kappa shape index (κ3) is 6.22. The molecule has 0 amide bonds. The average Bonchev–Trinajstić information content (AvgIpc) is 2.24. The minimum atomic E-state index is -0.898. The summed E-state index contributed by atoms with van der Waals surface area (Å²) in [6.45, 7) is 6.10. The van der Waals surface area contributed by atoms with Crippen LogP contribution in [0.4, 0.5) is 0 Å². The highest BCUT2D eigenvalue weighted by atomic mass is 16.5. The number of hydrogen-bond acceptors (Lipinski definition) is 4. The zero-order valence-electron chi connectivity index (χ0n) is 8.82. The Hall–Kier alpha value is -0.910. The number of carboxylic acids is 1. The molecule has 15 heavy (non-hydrogen) atoms. The van der Waals surface area contributed by atoms with E-state index in [2.05, 4.69) is 10.2 Å². The fourth-order valence-corrected chi connectivity index (χ4v) is 1.41. The van der Waals surface area contributed by atoms with E-state index >= 15 is 0 Å². The third-order valence-corrected chi connectivity index (χ3v) is 2.23. The standard InChI is InChI=1S/C10H18N2O3/c13-10(14)2-1-3-11-4-5-12-6-8-15-9-7-12/h1-2,11H,3-9H2,(H,13,14)/b2-1+. The van der Waals surface area contributed by atoms with Crippen molar-refractivity contribution in [1.29, 1.82) is 0 Å². The van der Waals surface area contributed by atoms with Crippen LogP contribution in [0.2, 0.25) is 0 Å². The molecule has 1 saturated heterocycles. The first-order valence-corrected chi connectivity index (χ1v) is 5.19. The number of nitrogens with one attached hydrogen (secondary N) is 1. The van der Waals surface area contributed by atoms with E-state index < -0.39 is 5.97 Å². The van der Waals surface area contributed by atoms with Crippen LogP contribution in [0.3, 0.4) is 0 Å². The van der Waals surface area contributed by atoms with Gasteiger partial charge in [0.05, 0.1) is 13.2 Å². The Bertz CT molecular complexity index is 213. The summed E-state index contributed by atoms with van der Waals surface area (Å²) in [7, 11) is 0. The number of carbonyl (C=O) groups is 1. The third-order valence-electron chi connectivity index (χ3n) is 2.23. The smallest absolute Gasteiger partial charge is 0.328 e. The second-order valence-electron chi connectivity index (χ2n) is 3.40. The lowest BCUT2D eigenvalue weighted by Crippen LogP contribution is -2.40. The van der Waals surface area contributed by atoms with E-state index in [0.29, 0.717) is 6.54 Å².